The summed E-state index contributed by atoms with van der Waals surface area (Å²) in [6.07, 6.45) is 31.1. The number of allylic oxidation sites excluding steroid dienone is 18. The normalized spacial score (nSPS) is 25.9. The highest BCUT2D eigenvalue weighted by atomic mass is 16.3. The summed E-state index contributed by atoms with van der Waals surface area (Å²) in [7, 11) is 0. The van der Waals surface area contributed by atoms with E-state index in [0.29, 0.717) is 5.92 Å². The molecule has 0 bridgehead atoms. The minimum absolute atomic E-state index is 0.00646. The van der Waals surface area contributed by atoms with Crippen molar-refractivity contribution in [3.8, 4) is 0 Å². The molecule has 0 aromatic carbocycles. The van der Waals surface area contributed by atoms with Crippen LogP contribution in [0.25, 0.3) is 0 Å². The summed E-state index contributed by atoms with van der Waals surface area (Å²) >= 11 is 0. The largest absolute Gasteiger partial charge is 0.393 e. The highest BCUT2D eigenvalue weighted by Gasteiger charge is 2.35. The molecule has 2 aliphatic rings. The van der Waals surface area contributed by atoms with E-state index in [2.05, 4.69) is 97.9 Å². The van der Waals surface area contributed by atoms with Gasteiger partial charge in [-0.1, -0.05) is 135 Å². The lowest BCUT2D eigenvalue weighted by molar-refractivity contribution is -0.105. The van der Waals surface area contributed by atoms with E-state index in [1.807, 2.05) is 43.4 Å². The van der Waals surface area contributed by atoms with Gasteiger partial charge in [0.2, 0.25) is 0 Å². The topological polar surface area (TPSA) is 57.5 Å². The van der Waals surface area contributed by atoms with Crippen molar-refractivity contribution in [1.29, 1.82) is 0 Å². The summed E-state index contributed by atoms with van der Waals surface area (Å²) in [5.74, 6) is 0.371. The molecule has 0 aromatic heterocycles. The lowest BCUT2D eigenvalue weighted by atomic mass is 9.66. The monoisotopic (exact) mass is 584 g/mol. The molecule has 234 valence electrons. The third kappa shape index (κ3) is 12.3. The Morgan fingerprint density at radius 3 is 1.95 bits per heavy atom. The van der Waals surface area contributed by atoms with Crippen molar-refractivity contribution in [3.05, 3.63) is 118 Å². The summed E-state index contributed by atoms with van der Waals surface area (Å²) in [4.78, 5) is 11.7. The van der Waals surface area contributed by atoms with Gasteiger partial charge in [0.1, 0.15) is 6.29 Å². The van der Waals surface area contributed by atoms with E-state index in [1.165, 1.54) is 22.3 Å². The second-order valence-corrected chi connectivity index (χ2v) is 13.9. The number of aliphatic hydroxyl groups is 2. The first kappa shape index (κ1) is 36.2. The lowest BCUT2D eigenvalue weighted by Gasteiger charge is -2.40. The number of aldehydes is 1. The molecule has 3 heteroatoms. The molecule has 2 aliphatic carbocycles. The quantitative estimate of drug-likeness (QED) is 0.104. The van der Waals surface area contributed by atoms with E-state index in [-0.39, 0.29) is 23.0 Å². The zero-order valence-corrected chi connectivity index (χ0v) is 28.2. The van der Waals surface area contributed by atoms with Gasteiger partial charge in [-0.2, -0.15) is 0 Å². The van der Waals surface area contributed by atoms with Gasteiger partial charge in [-0.25, -0.2) is 0 Å². The van der Waals surface area contributed by atoms with Crippen LogP contribution in [0.5, 0.6) is 0 Å². The third-order valence-corrected chi connectivity index (χ3v) is 8.76. The van der Waals surface area contributed by atoms with Crippen molar-refractivity contribution in [1.82, 2.24) is 0 Å². The molecule has 0 saturated heterocycles. The van der Waals surface area contributed by atoms with Gasteiger partial charge in [-0.15, -0.1) is 0 Å². The van der Waals surface area contributed by atoms with Crippen molar-refractivity contribution >= 4 is 6.29 Å². The van der Waals surface area contributed by atoms with Crippen LogP contribution in [0, 0.1) is 16.7 Å². The van der Waals surface area contributed by atoms with Crippen LogP contribution in [0.2, 0.25) is 0 Å². The summed E-state index contributed by atoms with van der Waals surface area (Å²) in [6.45, 7) is 19.3. The van der Waals surface area contributed by atoms with Crippen LogP contribution >= 0.6 is 0 Å². The fraction of sp³-hybridized carbons (Fsp3) is 0.475. The molecule has 43 heavy (non-hydrogen) atoms. The summed E-state index contributed by atoms with van der Waals surface area (Å²) < 4.78 is 0. The van der Waals surface area contributed by atoms with Crippen molar-refractivity contribution in [2.24, 2.45) is 16.7 Å². The van der Waals surface area contributed by atoms with Gasteiger partial charge in [-0.05, 0) is 94.6 Å². The Hall–Kier alpha value is -3.01. The molecule has 0 unspecified atom stereocenters. The molecule has 0 aliphatic heterocycles. The minimum atomic E-state index is -0.367. The average molecular weight is 585 g/mol. The third-order valence-electron chi connectivity index (χ3n) is 8.76. The first-order valence-corrected chi connectivity index (χ1v) is 15.8. The number of rotatable bonds is 12. The van der Waals surface area contributed by atoms with E-state index in [9.17, 15) is 15.0 Å². The van der Waals surface area contributed by atoms with Gasteiger partial charge in [0, 0.05) is 0 Å². The first-order valence-electron chi connectivity index (χ1n) is 15.8. The molecular weight excluding hydrogens is 528 g/mol. The van der Waals surface area contributed by atoms with Crippen LogP contribution in [0.4, 0.5) is 0 Å². The molecule has 0 aromatic rings. The fourth-order valence-corrected chi connectivity index (χ4v) is 6.54. The van der Waals surface area contributed by atoms with Crippen LogP contribution < -0.4 is 0 Å². The molecule has 3 nitrogen and oxygen atoms in total. The number of aliphatic hydroxyl groups excluding tert-OH is 2. The highest BCUT2D eigenvalue weighted by Crippen LogP contribution is 2.44. The van der Waals surface area contributed by atoms with E-state index in [0.717, 1.165) is 55.1 Å². The van der Waals surface area contributed by atoms with Gasteiger partial charge in [0.15, 0.2) is 0 Å². The van der Waals surface area contributed by atoms with Gasteiger partial charge in [-0.3, -0.25) is 4.79 Å². The Balaban J connectivity index is 1.89. The number of carbonyl (C=O) groups is 1. The Morgan fingerprint density at radius 2 is 1.40 bits per heavy atom. The SMILES string of the molecule is CC1=C[C@H](O)CC(C)(C)[C@H]1CCC(C=O)=C/C=C/C(C)=C/C=C/C=C(C)/C=C/C=C(C)/C=C/C1=C(C)C[C@@H](O)CC1(C)C. The Labute approximate surface area is 262 Å². The fourth-order valence-electron chi connectivity index (χ4n) is 6.54. The van der Waals surface area contributed by atoms with Crippen molar-refractivity contribution in [2.45, 2.75) is 107 Å². The van der Waals surface area contributed by atoms with Gasteiger partial charge >= 0.3 is 0 Å². The molecule has 0 fully saturated rings. The summed E-state index contributed by atoms with van der Waals surface area (Å²) in [5, 5.41) is 20.2. The highest BCUT2D eigenvalue weighted by molar-refractivity contribution is 5.73. The van der Waals surface area contributed by atoms with E-state index >= 15 is 0 Å². The smallest absolute Gasteiger partial charge is 0.146 e. The molecule has 0 saturated carbocycles. The predicted octanol–water partition coefficient (Wildman–Crippen LogP) is 9.81. The van der Waals surface area contributed by atoms with E-state index < -0.39 is 0 Å². The van der Waals surface area contributed by atoms with Gasteiger partial charge in [0.05, 0.1) is 12.2 Å². The van der Waals surface area contributed by atoms with Gasteiger partial charge in [0.25, 0.3) is 0 Å². The van der Waals surface area contributed by atoms with Crippen LogP contribution in [-0.4, -0.2) is 28.7 Å². The average Bonchev–Trinajstić information content (AvgIpc) is 2.87. The van der Waals surface area contributed by atoms with Crippen LogP contribution in [0.15, 0.2) is 118 Å². The first-order chi connectivity index (χ1) is 20.1. The molecule has 2 N–H and O–H groups in total. The maximum absolute atomic E-state index is 11.7. The maximum atomic E-state index is 11.7. The predicted molar refractivity (Wildman–Crippen MR) is 185 cm³/mol. The van der Waals surface area contributed by atoms with Crippen molar-refractivity contribution in [3.63, 3.8) is 0 Å². The summed E-state index contributed by atoms with van der Waals surface area (Å²) in [5.41, 5.74) is 8.10. The minimum Gasteiger partial charge on any atom is -0.393 e. The van der Waals surface area contributed by atoms with Gasteiger partial charge < -0.3 is 10.2 Å². The van der Waals surface area contributed by atoms with E-state index in [4.69, 9.17) is 0 Å². The Kier molecular flexibility index (Phi) is 14.1. The second kappa shape index (κ2) is 16.7. The molecule has 0 heterocycles. The van der Waals surface area contributed by atoms with Crippen LogP contribution in [0.3, 0.4) is 0 Å². The lowest BCUT2D eigenvalue weighted by Crippen LogP contribution is -2.33. The van der Waals surface area contributed by atoms with Crippen LogP contribution in [-0.2, 0) is 4.79 Å². The maximum Gasteiger partial charge on any atom is 0.146 e. The molecular formula is C40H56O3. The molecule has 3 atom stereocenters. The zero-order chi connectivity index (χ0) is 32.2. The molecule has 2 rings (SSSR count). The Morgan fingerprint density at radius 1 is 0.837 bits per heavy atom. The van der Waals surface area contributed by atoms with Crippen molar-refractivity contribution in [2.75, 3.05) is 0 Å². The molecule has 0 amide bonds. The van der Waals surface area contributed by atoms with Crippen LogP contribution in [0.1, 0.15) is 94.4 Å². The summed E-state index contributed by atoms with van der Waals surface area (Å²) in [6, 6.07) is 0. The molecule has 0 radical (unpaired) electrons. The zero-order valence-electron chi connectivity index (χ0n) is 28.2. The standard InChI is InChI=1S/C40H56O3/c1-29(16-12-17-31(3)20-22-37-32(4)24-35(42)26-39(37,6)7)14-10-11-15-30(2)18-13-19-34(28-41)21-23-38-33(5)25-36(43)27-40(38,8)9/h10-20,22,25,28,35-36,38,42-43H,21,23-24,26-27H2,1-9H3/b11-10+,16-12+,18-13+,22-20+,29-14+,30-15+,31-17+,34-19?/t35-,36+,38+/m1/s1. The van der Waals surface area contributed by atoms with E-state index in [1.54, 1.807) is 0 Å². The number of carbonyl (C=O) groups excluding carboxylic acids is 1. The Bertz CT molecular complexity index is 1280. The number of hydrogen-bond acceptors (Lipinski definition) is 3. The number of hydrogen-bond donors (Lipinski definition) is 2. The second-order valence-electron chi connectivity index (χ2n) is 13.9. The van der Waals surface area contributed by atoms with Crippen molar-refractivity contribution < 1.29 is 15.0 Å². The molecule has 0 spiro atoms.